The van der Waals surface area contributed by atoms with Crippen molar-refractivity contribution in [2.75, 3.05) is 23.8 Å². The lowest BCUT2D eigenvalue weighted by atomic mass is 10.1. The van der Waals surface area contributed by atoms with E-state index in [1.807, 2.05) is 36.4 Å². The van der Waals surface area contributed by atoms with Crippen molar-refractivity contribution in [3.63, 3.8) is 0 Å². The van der Waals surface area contributed by atoms with Gasteiger partial charge in [-0.05, 0) is 0 Å². The molecule has 0 unspecified atom stereocenters. The summed E-state index contributed by atoms with van der Waals surface area (Å²) in [4.78, 5) is 16.6. The number of hydrogen-bond acceptors (Lipinski definition) is 5. The number of aromatic nitrogens is 2. The van der Waals surface area contributed by atoms with Gasteiger partial charge in [0, 0.05) is 18.7 Å². The zero-order chi connectivity index (χ0) is 13.2. The summed E-state index contributed by atoms with van der Waals surface area (Å²) in [5.74, 6) is 0.439. The standard InChI is InChI=1S/C13H11N5O/c14-8-10-11(9-4-2-1-3-5-9)17-13-15-6-7-16-18(13)12(10)19/h1-5,16H,6-7H2,(H,15,17). The molecule has 1 aromatic heterocycles. The summed E-state index contributed by atoms with van der Waals surface area (Å²) >= 11 is 0. The topological polar surface area (TPSA) is 82.7 Å². The van der Waals surface area contributed by atoms with Gasteiger partial charge in [0.2, 0.25) is 5.95 Å². The highest BCUT2D eigenvalue weighted by Crippen LogP contribution is 2.20. The fourth-order valence-corrected chi connectivity index (χ4v) is 2.03. The van der Waals surface area contributed by atoms with Crippen molar-refractivity contribution in [1.29, 1.82) is 5.26 Å². The highest BCUT2D eigenvalue weighted by atomic mass is 16.1. The Hall–Kier alpha value is -2.81. The number of hydrogen-bond donors (Lipinski definition) is 2. The van der Waals surface area contributed by atoms with Crippen molar-refractivity contribution in [3.8, 4) is 17.3 Å². The third-order valence-corrected chi connectivity index (χ3v) is 2.92. The SMILES string of the molecule is N#Cc1c(-c2ccccc2)nc2n(c1=O)NCCN2. The lowest BCUT2D eigenvalue weighted by molar-refractivity contribution is 0.742. The van der Waals surface area contributed by atoms with E-state index in [9.17, 15) is 10.1 Å². The van der Waals surface area contributed by atoms with Gasteiger partial charge < -0.3 is 10.7 Å². The third kappa shape index (κ3) is 1.81. The molecule has 0 aliphatic carbocycles. The van der Waals surface area contributed by atoms with Crippen molar-refractivity contribution in [1.82, 2.24) is 9.66 Å². The zero-order valence-corrected chi connectivity index (χ0v) is 10.1. The van der Waals surface area contributed by atoms with Crippen molar-refractivity contribution < 1.29 is 0 Å². The lowest BCUT2D eigenvalue weighted by Gasteiger charge is -2.21. The smallest absolute Gasteiger partial charge is 0.292 e. The van der Waals surface area contributed by atoms with Gasteiger partial charge in [0.1, 0.15) is 11.6 Å². The van der Waals surface area contributed by atoms with Crippen molar-refractivity contribution in [2.24, 2.45) is 0 Å². The second kappa shape index (κ2) is 4.46. The molecule has 1 aliphatic heterocycles. The Morgan fingerprint density at radius 3 is 2.79 bits per heavy atom. The van der Waals surface area contributed by atoms with E-state index in [0.717, 1.165) is 5.56 Å². The van der Waals surface area contributed by atoms with Gasteiger partial charge >= 0.3 is 0 Å². The van der Waals surface area contributed by atoms with Crippen molar-refractivity contribution in [3.05, 3.63) is 46.2 Å². The van der Waals surface area contributed by atoms with E-state index < -0.39 is 0 Å². The maximum absolute atomic E-state index is 12.2. The lowest BCUT2D eigenvalue weighted by Crippen LogP contribution is -2.40. The van der Waals surface area contributed by atoms with Gasteiger partial charge in [-0.2, -0.15) is 9.94 Å². The van der Waals surface area contributed by atoms with Gasteiger partial charge in [-0.3, -0.25) is 4.79 Å². The average molecular weight is 253 g/mol. The van der Waals surface area contributed by atoms with Gasteiger partial charge in [-0.15, -0.1) is 0 Å². The van der Waals surface area contributed by atoms with Crippen LogP contribution in [0.2, 0.25) is 0 Å². The Morgan fingerprint density at radius 2 is 2.05 bits per heavy atom. The molecule has 0 amide bonds. The number of nitriles is 1. The van der Waals surface area contributed by atoms with Gasteiger partial charge in [0.15, 0.2) is 0 Å². The van der Waals surface area contributed by atoms with E-state index in [-0.39, 0.29) is 11.1 Å². The molecule has 0 bridgehead atoms. The van der Waals surface area contributed by atoms with E-state index in [4.69, 9.17) is 0 Å². The minimum atomic E-state index is -0.376. The predicted molar refractivity (Wildman–Crippen MR) is 71.4 cm³/mol. The molecular formula is C13H11N5O. The second-order valence-electron chi connectivity index (χ2n) is 4.11. The average Bonchev–Trinajstić information content (AvgIpc) is 2.48. The number of fused-ring (bicyclic) bond motifs is 1. The highest BCUT2D eigenvalue weighted by Gasteiger charge is 2.19. The number of nitrogens with zero attached hydrogens (tertiary/aromatic N) is 3. The summed E-state index contributed by atoms with van der Waals surface area (Å²) in [5, 5.41) is 12.3. The van der Waals surface area contributed by atoms with Crippen LogP contribution in [-0.4, -0.2) is 22.7 Å². The molecule has 94 valence electrons. The number of nitrogens with one attached hydrogen (secondary N) is 2. The highest BCUT2D eigenvalue weighted by molar-refractivity contribution is 5.67. The first-order chi connectivity index (χ1) is 9.31. The summed E-state index contributed by atoms with van der Waals surface area (Å²) < 4.78 is 1.29. The van der Waals surface area contributed by atoms with Crippen molar-refractivity contribution >= 4 is 5.95 Å². The Morgan fingerprint density at radius 1 is 1.26 bits per heavy atom. The second-order valence-corrected chi connectivity index (χ2v) is 4.11. The summed E-state index contributed by atoms with van der Waals surface area (Å²) in [6.07, 6.45) is 0. The Labute approximate surface area is 109 Å². The van der Waals surface area contributed by atoms with E-state index in [2.05, 4.69) is 15.7 Å². The Balaban J connectivity index is 2.29. The number of rotatable bonds is 1. The Bertz CT molecular complexity index is 714. The summed E-state index contributed by atoms with van der Waals surface area (Å²) in [7, 11) is 0. The molecule has 2 aromatic rings. The monoisotopic (exact) mass is 253 g/mol. The van der Waals surface area contributed by atoms with Crippen LogP contribution in [-0.2, 0) is 0 Å². The molecule has 0 fully saturated rings. The molecule has 0 spiro atoms. The van der Waals surface area contributed by atoms with E-state index in [1.165, 1.54) is 4.68 Å². The molecule has 6 heteroatoms. The van der Waals surface area contributed by atoms with Gasteiger partial charge in [-0.1, -0.05) is 30.3 Å². The molecular weight excluding hydrogens is 242 g/mol. The van der Waals surface area contributed by atoms with Crippen LogP contribution in [0.3, 0.4) is 0 Å². The van der Waals surface area contributed by atoms with Crippen LogP contribution >= 0.6 is 0 Å². The van der Waals surface area contributed by atoms with Gasteiger partial charge in [0.25, 0.3) is 5.56 Å². The molecule has 3 rings (SSSR count). The van der Waals surface area contributed by atoms with Crippen LogP contribution in [0.1, 0.15) is 5.56 Å². The molecule has 0 saturated carbocycles. The van der Waals surface area contributed by atoms with E-state index in [0.29, 0.717) is 24.7 Å². The summed E-state index contributed by atoms with van der Waals surface area (Å²) in [6, 6.07) is 11.2. The molecule has 19 heavy (non-hydrogen) atoms. The first-order valence-corrected chi connectivity index (χ1v) is 5.91. The largest absolute Gasteiger partial charge is 0.352 e. The first-order valence-electron chi connectivity index (χ1n) is 5.91. The number of anilines is 1. The van der Waals surface area contributed by atoms with Crippen LogP contribution in [0, 0.1) is 11.3 Å². The summed E-state index contributed by atoms with van der Waals surface area (Å²) in [6.45, 7) is 1.30. The Kier molecular flexibility index (Phi) is 2.65. The van der Waals surface area contributed by atoms with Crippen LogP contribution in [0.15, 0.2) is 35.1 Å². The molecule has 1 aromatic carbocycles. The van der Waals surface area contributed by atoms with Gasteiger partial charge in [-0.25, -0.2) is 4.98 Å². The molecule has 2 N–H and O–H groups in total. The molecule has 0 saturated heterocycles. The molecule has 0 atom stereocenters. The van der Waals surface area contributed by atoms with Crippen LogP contribution in [0.5, 0.6) is 0 Å². The number of benzene rings is 1. The molecule has 1 aliphatic rings. The maximum Gasteiger partial charge on any atom is 0.292 e. The quantitative estimate of drug-likeness (QED) is 0.783. The fraction of sp³-hybridized carbons (Fsp3) is 0.154. The zero-order valence-electron chi connectivity index (χ0n) is 10.1. The van der Waals surface area contributed by atoms with Crippen LogP contribution in [0.25, 0.3) is 11.3 Å². The van der Waals surface area contributed by atoms with Gasteiger partial charge in [0.05, 0.1) is 5.69 Å². The normalized spacial score (nSPS) is 12.8. The van der Waals surface area contributed by atoms with E-state index >= 15 is 0 Å². The summed E-state index contributed by atoms with van der Waals surface area (Å²) in [5.41, 5.74) is 3.75. The molecule has 2 heterocycles. The van der Waals surface area contributed by atoms with Crippen LogP contribution < -0.4 is 16.3 Å². The minimum Gasteiger partial charge on any atom is -0.352 e. The van der Waals surface area contributed by atoms with Crippen LogP contribution in [0.4, 0.5) is 5.95 Å². The first kappa shape index (κ1) is 11.3. The van der Waals surface area contributed by atoms with E-state index in [1.54, 1.807) is 0 Å². The maximum atomic E-state index is 12.2. The fourth-order valence-electron chi connectivity index (χ4n) is 2.03. The van der Waals surface area contributed by atoms with Crippen molar-refractivity contribution in [2.45, 2.75) is 0 Å². The minimum absolute atomic E-state index is 0.0474. The molecule has 6 nitrogen and oxygen atoms in total. The third-order valence-electron chi connectivity index (χ3n) is 2.92. The predicted octanol–water partition coefficient (Wildman–Crippen LogP) is 0.751. The molecule has 0 radical (unpaired) electrons.